The van der Waals surface area contributed by atoms with Crippen molar-refractivity contribution in [1.82, 2.24) is 0 Å². The summed E-state index contributed by atoms with van der Waals surface area (Å²) in [5.41, 5.74) is 0. The molecule has 0 aromatic carbocycles. The highest BCUT2D eigenvalue weighted by molar-refractivity contribution is 7.47. The molecule has 0 heterocycles. The zero-order chi connectivity index (χ0) is 38.4. The number of carbonyl (C=O) groups is 1. The lowest BCUT2D eigenvalue weighted by atomic mass is 10.0. The number of hydrogen-bond donors (Lipinski definition) is 1. The summed E-state index contributed by atoms with van der Waals surface area (Å²) < 4.78 is 34.9. The SMILES string of the molecule is CC/C=C\C/C=C\C/C=C\CCCCCCCCCC(=O)OC(COCCCCCCCCCCCCCCC)COP(=O)(O)OCC[N+](C)(C)C. The van der Waals surface area contributed by atoms with Crippen molar-refractivity contribution in [2.75, 3.05) is 54.1 Å². The molecule has 8 nitrogen and oxygen atoms in total. The van der Waals surface area contributed by atoms with E-state index in [0.717, 1.165) is 57.8 Å². The van der Waals surface area contributed by atoms with Crippen LogP contribution in [0.5, 0.6) is 0 Å². The topological polar surface area (TPSA) is 91.3 Å². The molecular weight excluding hydrogens is 673 g/mol. The summed E-state index contributed by atoms with van der Waals surface area (Å²) in [6.07, 6.45) is 41.7. The number of esters is 1. The molecule has 0 saturated carbocycles. The molecule has 0 aliphatic carbocycles. The molecule has 52 heavy (non-hydrogen) atoms. The minimum atomic E-state index is -4.27. The number of allylic oxidation sites excluding steroid dienone is 6. The first-order valence-electron chi connectivity index (χ1n) is 21.2. The summed E-state index contributed by atoms with van der Waals surface area (Å²) in [4.78, 5) is 22.8. The zero-order valence-electron chi connectivity index (χ0n) is 34.5. The summed E-state index contributed by atoms with van der Waals surface area (Å²) in [6, 6.07) is 0. The largest absolute Gasteiger partial charge is 0.472 e. The Morgan fingerprint density at radius 3 is 1.67 bits per heavy atom. The number of ether oxygens (including phenoxy) is 2. The van der Waals surface area contributed by atoms with Crippen molar-refractivity contribution in [3.63, 3.8) is 0 Å². The third-order valence-corrected chi connectivity index (χ3v) is 9.95. The molecular formula is C43H83NO7P+. The van der Waals surface area contributed by atoms with Gasteiger partial charge in [0.1, 0.15) is 19.3 Å². The average Bonchev–Trinajstić information content (AvgIpc) is 3.09. The number of nitrogens with zero attached hydrogens (tertiary/aromatic N) is 1. The molecule has 0 amide bonds. The van der Waals surface area contributed by atoms with Crippen molar-refractivity contribution in [2.24, 2.45) is 0 Å². The second-order valence-electron chi connectivity index (χ2n) is 15.3. The summed E-state index contributed by atoms with van der Waals surface area (Å²) in [5.74, 6) is -0.323. The van der Waals surface area contributed by atoms with Gasteiger partial charge in [-0.15, -0.1) is 0 Å². The van der Waals surface area contributed by atoms with Gasteiger partial charge in [-0.2, -0.15) is 0 Å². The number of likely N-dealkylation sites (N-methyl/N-ethyl adjacent to an activating group) is 1. The van der Waals surface area contributed by atoms with Crippen molar-refractivity contribution in [3.8, 4) is 0 Å². The van der Waals surface area contributed by atoms with Crippen LogP contribution in [0.1, 0.15) is 174 Å². The summed E-state index contributed by atoms with van der Waals surface area (Å²) in [5, 5.41) is 0. The predicted octanol–water partition coefficient (Wildman–Crippen LogP) is 12.2. The van der Waals surface area contributed by atoms with Gasteiger partial charge in [0.2, 0.25) is 0 Å². The number of unbranched alkanes of at least 4 members (excludes halogenated alkanes) is 19. The summed E-state index contributed by atoms with van der Waals surface area (Å²) >= 11 is 0. The predicted molar refractivity (Wildman–Crippen MR) is 220 cm³/mol. The molecule has 0 aromatic heterocycles. The summed E-state index contributed by atoms with van der Waals surface area (Å²) in [6.45, 7) is 5.51. The van der Waals surface area contributed by atoms with Gasteiger partial charge in [0, 0.05) is 13.0 Å². The highest BCUT2D eigenvalue weighted by Crippen LogP contribution is 2.43. The highest BCUT2D eigenvalue weighted by Gasteiger charge is 2.26. The first-order valence-corrected chi connectivity index (χ1v) is 22.7. The molecule has 0 fully saturated rings. The van der Waals surface area contributed by atoms with Gasteiger partial charge >= 0.3 is 13.8 Å². The Bertz CT molecular complexity index is 931. The highest BCUT2D eigenvalue weighted by atomic mass is 31.2. The molecule has 0 rings (SSSR count). The molecule has 0 aliphatic rings. The van der Waals surface area contributed by atoms with Crippen LogP contribution in [0.2, 0.25) is 0 Å². The van der Waals surface area contributed by atoms with Gasteiger partial charge in [-0.1, -0.05) is 159 Å². The van der Waals surface area contributed by atoms with Crippen LogP contribution in [-0.4, -0.2) is 75.6 Å². The van der Waals surface area contributed by atoms with E-state index in [2.05, 4.69) is 50.3 Å². The fourth-order valence-electron chi connectivity index (χ4n) is 5.68. The van der Waals surface area contributed by atoms with Crippen LogP contribution in [0.4, 0.5) is 0 Å². The second-order valence-corrected chi connectivity index (χ2v) is 16.8. The van der Waals surface area contributed by atoms with Crippen molar-refractivity contribution in [1.29, 1.82) is 0 Å². The number of phosphoric acid groups is 1. The Morgan fingerprint density at radius 1 is 0.615 bits per heavy atom. The fourth-order valence-corrected chi connectivity index (χ4v) is 6.43. The Morgan fingerprint density at radius 2 is 1.12 bits per heavy atom. The molecule has 2 atom stereocenters. The Labute approximate surface area is 321 Å². The lowest BCUT2D eigenvalue weighted by Crippen LogP contribution is -2.37. The van der Waals surface area contributed by atoms with Crippen LogP contribution < -0.4 is 0 Å². The molecule has 0 aromatic rings. The zero-order valence-corrected chi connectivity index (χ0v) is 35.4. The fraction of sp³-hybridized carbons (Fsp3) is 0.837. The minimum Gasteiger partial charge on any atom is -0.457 e. The maximum absolute atomic E-state index is 12.7. The normalized spacial score (nSPS) is 14.2. The van der Waals surface area contributed by atoms with E-state index < -0.39 is 13.9 Å². The van der Waals surface area contributed by atoms with Gasteiger partial charge in [-0.05, 0) is 44.9 Å². The Kier molecular flexibility index (Phi) is 35.8. The number of phosphoric ester groups is 1. The maximum Gasteiger partial charge on any atom is 0.472 e. The van der Waals surface area contributed by atoms with Crippen LogP contribution in [0, 0.1) is 0 Å². The summed E-state index contributed by atoms with van der Waals surface area (Å²) in [7, 11) is 1.66. The van der Waals surface area contributed by atoms with Gasteiger partial charge in [0.15, 0.2) is 0 Å². The standard InChI is InChI=1S/C43H82NO7P/c1-6-8-10-12-14-16-18-20-21-22-23-24-26-28-30-32-34-36-43(45)51-42(41-50-52(46,47)49-39-37-44(3,4)5)40-48-38-35-33-31-29-27-25-19-17-15-13-11-9-7-2/h8,10,14,16,20-21,42H,6-7,9,11-13,15,17-19,22-41H2,1-5H3/p+1/b10-8-,16-14-,21-20-. The van der Waals surface area contributed by atoms with E-state index in [9.17, 15) is 14.3 Å². The molecule has 0 aliphatic heterocycles. The Balaban J connectivity index is 4.25. The first kappa shape index (κ1) is 50.7. The quantitative estimate of drug-likeness (QED) is 0.0219. The molecule has 1 N–H and O–H groups in total. The van der Waals surface area contributed by atoms with Crippen LogP contribution in [-0.2, 0) is 27.9 Å². The van der Waals surface area contributed by atoms with E-state index in [-0.39, 0.29) is 25.8 Å². The molecule has 0 bridgehead atoms. The molecule has 0 saturated heterocycles. The number of hydrogen-bond acceptors (Lipinski definition) is 6. The molecule has 0 radical (unpaired) electrons. The van der Waals surface area contributed by atoms with E-state index >= 15 is 0 Å². The van der Waals surface area contributed by atoms with E-state index in [4.69, 9.17) is 18.5 Å². The van der Waals surface area contributed by atoms with Gasteiger partial charge in [-0.3, -0.25) is 13.8 Å². The number of carbonyl (C=O) groups excluding carboxylic acids is 1. The Hall–Kier alpha value is -1.28. The third kappa shape index (κ3) is 39.9. The lowest BCUT2D eigenvalue weighted by Gasteiger charge is -2.24. The third-order valence-electron chi connectivity index (χ3n) is 8.97. The van der Waals surface area contributed by atoms with Crippen molar-refractivity contribution in [2.45, 2.75) is 180 Å². The minimum absolute atomic E-state index is 0.0871. The van der Waals surface area contributed by atoms with Gasteiger partial charge in [0.25, 0.3) is 0 Å². The molecule has 2 unspecified atom stereocenters. The van der Waals surface area contributed by atoms with E-state index in [1.807, 2.05) is 21.1 Å². The van der Waals surface area contributed by atoms with Crippen LogP contribution in [0.15, 0.2) is 36.5 Å². The monoisotopic (exact) mass is 757 g/mol. The van der Waals surface area contributed by atoms with Crippen LogP contribution in [0.25, 0.3) is 0 Å². The first-order chi connectivity index (χ1) is 25.1. The van der Waals surface area contributed by atoms with Crippen molar-refractivity contribution < 1.29 is 37.3 Å². The van der Waals surface area contributed by atoms with E-state index in [1.54, 1.807) is 0 Å². The maximum atomic E-state index is 12.7. The molecule has 306 valence electrons. The molecule has 0 spiro atoms. The average molecular weight is 757 g/mol. The number of quaternary nitrogens is 1. The smallest absolute Gasteiger partial charge is 0.457 e. The lowest BCUT2D eigenvalue weighted by molar-refractivity contribution is -0.870. The van der Waals surface area contributed by atoms with Gasteiger partial charge < -0.3 is 18.9 Å². The number of rotatable bonds is 39. The van der Waals surface area contributed by atoms with E-state index in [0.29, 0.717) is 24.1 Å². The van der Waals surface area contributed by atoms with Crippen molar-refractivity contribution in [3.05, 3.63) is 36.5 Å². The van der Waals surface area contributed by atoms with Crippen molar-refractivity contribution >= 4 is 13.8 Å². The second kappa shape index (κ2) is 36.7. The molecule has 9 heteroatoms. The van der Waals surface area contributed by atoms with Crippen LogP contribution in [0.3, 0.4) is 0 Å². The van der Waals surface area contributed by atoms with E-state index in [1.165, 1.54) is 96.3 Å². The van der Waals surface area contributed by atoms with Gasteiger partial charge in [-0.25, -0.2) is 4.57 Å². The van der Waals surface area contributed by atoms with Crippen LogP contribution >= 0.6 is 7.82 Å². The van der Waals surface area contributed by atoms with Gasteiger partial charge in [0.05, 0.1) is 34.4 Å².